The summed E-state index contributed by atoms with van der Waals surface area (Å²) < 4.78 is 0. The standard InChI is InChI=1S/C13H20N4O/c1-16-5-7-17(8-6-16)10-13(18)15-12-4-2-3-11(14)9-12/h2-4,9H,5-8,10,14H2,1H3,(H,15,18). The Balaban J connectivity index is 1.82. The molecule has 0 radical (unpaired) electrons. The molecule has 5 heteroatoms. The van der Waals surface area contributed by atoms with Crippen molar-refractivity contribution in [3.63, 3.8) is 0 Å². The van der Waals surface area contributed by atoms with Crippen LogP contribution in [-0.2, 0) is 4.79 Å². The molecule has 5 nitrogen and oxygen atoms in total. The second-order valence-electron chi connectivity index (χ2n) is 4.75. The molecule has 0 unspecified atom stereocenters. The Morgan fingerprint density at radius 2 is 2.06 bits per heavy atom. The largest absolute Gasteiger partial charge is 0.399 e. The molecule has 0 saturated carbocycles. The van der Waals surface area contributed by atoms with Gasteiger partial charge in [0.05, 0.1) is 6.54 Å². The van der Waals surface area contributed by atoms with Gasteiger partial charge in [-0.25, -0.2) is 0 Å². The summed E-state index contributed by atoms with van der Waals surface area (Å²) in [5, 5.41) is 2.87. The van der Waals surface area contributed by atoms with Gasteiger partial charge in [0.15, 0.2) is 0 Å². The van der Waals surface area contributed by atoms with Crippen LogP contribution in [0, 0.1) is 0 Å². The number of rotatable bonds is 3. The number of likely N-dealkylation sites (N-methyl/N-ethyl adjacent to an activating group) is 1. The van der Waals surface area contributed by atoms with E-state index in [4.69, 9.17) is 5.73 Å². The molecule has 1 aliphatic heterocycles. The molecule has 1 amide bonds. The van der Waals surface area contributed by atoms with Crippen LogP contribution in [0.2, 0.25) is 0 Å². The van der Waals surface area contributed by atoms with Gasteiger partial charge >= 0.3 is 0 Å². The van der Waals surface area contributed by atoms with Gasteiger partial charge in [-0.15, -0.1) is 0 Å². The second-order valence-corrected chi connectivity index (χ2v) is 4.75. The smallest absolute Gasteiger partial charge is 0.238 e. The zero-order valence-corrected chi connectivity index (χ0v) is 10.7. The van der Waals surface area contributed by atoms with Gasteiger partial charge in [-0.3, -0.25) is 9.69 Å². The van der Waals surface area contributed by atoms with Gasteiger partial charge in [0.2, 0.25) is 5.91 Å². The summed E-state index contributed by atoms with van der Waals surface area (Å²) >= 11 is 0. The maximum absolute atomic E-state index is 11.9. The van der Waals surface area contributed by atoms with Gasteiger partial charge in [-0.1, -0.05) is 6.07 Å². The molecule has 1 aliphatic rings. The Hall–Kier alpha value is -1.59. The van der Waals surface area contributed by atoms with Crippen LogP contribution < -0.4 is 11.1 Å². The first kappa shape index (κ1) is 12.9. The highest BCUT2D eigenvalue weighted by molar-refractivity contribution is 5.92. The van der Waals surface area contributed by atoms with Crippen LogP contribution in [0.4, 0.5) is 11.4 Å². The summed E-state index contributed by atoms with van der Waals surface area (Å²) in [6.07, 6.45) is 0. The minimum atomic E-state index is 0.0187. The van der Waals surface area contributed by atoms with Crippen molar-refractivity contribution in [2.75, 3.05) is 50.8 Å². The molecule has 18 heavy (non-hydrogen) atoms. The Morgan fingerprint density at radius 1 is 1.33 bits per heavy atom. The predicted molar refractivity (Wildman–Crippen MR) is 73.4 cm³/mol. The van der Waals surface area contributed by atoms with Gasteiger partial charge in [-0.05, 0) is 25.2 Å². The van der Waals surface area contributed by atoms with Crippen molar-refractivity contribution in [3.05, 3.63) is 24.3 Å². The summed E-state index contributed by atoms with van der Waals surface area (Å²) in [6, 6.07) is 7.25. The number of amides is 1. The first-order valence-electron chi connectivity index (χ1n) is 6.20. The molecule has 1 fully saturated rings. The maximum Gasteiger partial charge on any atom is 0.238 e. The molecule has 0 bridgehead atoms. The normalized spacial score (nSPS) is 17.6. The number of piperazine rings is 1. The number of nitrogens with one attached hydrogen (secondary N) is 1. The number of carbonyl (C=O) groups excluding carboxylic acids is 1. The van der Waals surface area contributed by atoms with Crippen LogP contribution in [0.25, 0.3) is 0 Å². The Labute approximate surface area is 108 Å². The summed E-state index contributed by atoms with van der Waals surface area (Å²) in [5.74, 6) is 0.0187. The van der Waals surface area contributed by atoms with Crippen LogP contribution in [0.3, 0.4) is 0 Å². The van der Waals surface area contributed by atoms with Crippen molar-refractivity contribution in [1.82, 2.24) is 9.80 Å². The van der Waals surface area contributed by atoms with Crippen molar-refractivity contribution in [3.8, 4) is 0 Å². The molecule has 0 atom stereocenters. The van der Waals surface area contributed by atoms with E-state index in [9.17, 15) is 4.79 Å². The fourth-order valence-electron chi connectivity index (χ4n) is 2.03. The molecule has 1 heterocycles. The first-order chi connectivity index (χ1) is 8.63. The van der Waals surface area contributed by atoms with E-state index in [1.807, 2.05) is 12.1 Å². The van der Waals surface area contributed by atoms with E-state index in [-0.39, 0.29) is 5.91 Å². The number of anilines is 2. The van der Waals surface area contributed by atoms with E-state index in [0.717, 1.165) is 31.9 Å². The third-order valence-electron chi connectivity index (χ3n) is 3.13. The second kappa shape index (κ2) is 5.84. The van der Waals surface area contributed by atoms with Gasteiger partial charge in [-0.2, -0.15) is 0 Å². The number of benzene rings is 1. The highest BCUT2D eigenvalue weighted by atomic mass is 16.2. The average Bonchev–Trinajstić information content (AvgIpc) is 2.32. The van der Waals surface area contributed by atoms with Gasteiger partial charge in [0.1, 0.15) is 0 Å². The van der Waals surface area contributed by atoms with E-state index in [0.29, 0.717) is 12.2 Å². The topological polar surface area (TPSA) is 61.6 Å². The lowest BCUT2D eigenvalue weighted by molar-refractivity contribution is -0.117. The fourth-order valence-corrected chi connectivity index (χ4v) is 2.03. The number of hydrogen-bond acceptors (Lipinski definition) is 4. The monoisotopic (exact) mass is 248 g/mol. The van der Waals surface area contributed by atoms with Crippen molar-refractivity contribution in [2.45, 2.75) is 0 Å². The number of nitrogen functional groups attached to an aromatic ring is 1. The highest BCUT2D eigenvalue weighted by Crippen LogP contribution is 2.11. The van der Waals surface area contributed by atoms with Crippen LogP contribution in [0.15, 0.2) is 24.3 Å². The predicted octanol–water partition coefficient (Wildman–Crippen LogP) is 0.455. The number of nitrogens with zero attached hydrogens (tertiary/aromatic N) is 2. The van der Waals surface area contributed by atoms with Crippen molar-refractivity contribution in [1.29, 1.82) is 0 Å². The summed E-state index contributed by atoms with van der Waals surface area (Å²) in [5.41, 5.74) is 7.08. The summed E-state index contributed by atoms with van der Waals surface area (Å²) in [7, 11) is 2.10. The van der Waals surface area contributed by atoms with E-state index < -0.39 is 0 Å². The molecule has 1 aromatic carbocycles. The van der Waals surface area contributed by atoms with Crippen LogP contribution >= 0.6 is 0 Å². The van der Waals surface area contributed by atoms with E-state index in [2.05, 4.69) is 22.2 Å². The number of carbonyl (C=O) groups is 1. The lowest BCUT2D eigenvalue weighted by Crippen LogP contribution is -2.47. The lowest BCUT2D eigenvalue weighted by Gasteiger charge is -2.31. The van der Waals surface area contributed by atoms with Crippen LogP contribution in [0.5, 0.6) is 0 Å². The number of hydrogen-bond donors (Lipinski definition) is 2. The highest BCUT2D eigenvalue weighted by Gasteiger charge is 2.16. The lowest BCUT2D eigenvalue weighted by atomic mass is 10.2. The third kappa shape index (κ3) is 3.72. The molecule has 2 rings (SSSR count). The molecule has 0 aromatic heterocycles. The van der Waals surface area contributed by atoms with Gasteiger partial charge < -0.3 is 16.0 Å². The molecule has 1 saturated heterocycles. The average molecular weight is 248 g/mol. The minimum absolute atomic E-state index is 0.0187. The first-order valence-corrected chi connectivity index (χ1v) is 6.20. The summed E-state index contributed by atoms with van der Waals surface area (Å²) in [4.78, 5) is 16.3. The third-order valence-corrected chi connectivity index (χ3v) is 3.13. The molecular weight excluding hydrogens is 228 g/mol. The van der Waals surface area contributed by atoms with Gasteiger partial charge in [0.25, 0.3) is 0 Å². The van der Waals surface area contributed by atoms with Crippen molar-refractivity contribution < 1.29 is 4.79 Å². The quantitative estimate of drug-likeness (QED) is 0.763. The van der Waals surface area contributed by atoms with Gasteiger partial charge in [0, 0.05) is 37.6 Å². The zero-order chi connectivity index (χ0) is 13.0. The van der Waals surface area contributed by atoms with Crippen LogP contribution in [-0.4, -0.2) is 55.5 Å². The van der Waals surface area contributed by atoms with E-state index >= 15 is 0 Å². The number of nitrogens with two attached hydrogens (primary N) is 1. The van der Waals surface area contributed by atoms with E-state index in [1.54, 1.807) is 12.1 Å². The molecule has 98 valence electrons. The maximum atomic E-state index is 11.9. The Kier molecular flexibility index (Phi) is 4.17. The molecule has 3 N–H and O–H groups in total. The minimum Gasteiger partial charge on any atom is -0.399 e. The molecule has 0 spiro atoms. The fraction of sp³-hybridized carbons (Fsp3) is 0.462. The molecule has 1 aromatic rings. The molecule has 0 aliphatic carbocycles. The Morgan fingerprint density at radius 3 is 2.72 bits per heavy atom. The van der Waals surface area contributed by atoms with Crippen LogP contribution in [0.1, 0.15) is 0 Å². The SMILES string of the molecule is CN1CCN(CC(=O)Nc2cccc(N)c2)CC1. The van der Waals surface area contributed by atoms with Crippen molar-refractivity contribution >= 4 is 17.3 Å². The van der Waals surface area contributed by atoms with E-state index in [1.165, 1.54) is 0 Å². The molecular formula is C13H20N4O. The zero-order valence-electron chi connectivity index (χ0n) is 10.7. The Bertz CT molecular complexity index is 413. The summed E-state index contributed by atoms with van der Waals surface area (Å²) in [6.45, 7) is 4.38. The van der Waals surface area contributed by atoms with Crippen molar-refractivity contribution in [2.24, 2.45) is 0 Å².